The second-order valence-electron chi connectivity index (χ2n) is 6.11. The molecule has 1 aromatic rings. The van der Waals surface area contributed by atoms with Crippen molar-refractivity contribution in [2.45, 2.75) is 6.42 Å². The summed E-state index contributed by atoms with van der Waals surface area (Å²) in [6.07, 6.45) is 0.558. The molecule has 2 aliphatic rings. The fourth-order valence-electron chi connectivity index (χ4n) is 2.92. The van der Waals surface area contributed by atoms with Crippen molar-refractivity contribution >= 4 is 11.6 Å². The van der Waals surface area contributed by atoms with Crippen molar-refractivity contribution in [1.82, 2.24) is 0 Å². The van der Waals surface area contributed by atoms with Crippen molar-refractivity contribution < 1.29 is 24.1 Å². The Bertz CT molecular complexity index is 527. The topological polar surface area (TPSA) is 56.4 Å². The van der Waals surface area contributed by atoms with Crippen LogP contribution in [0.15, 0.2) is 18.2 Å². The van der Waals surface area contributed by atoms with Gasteiger partial charge in [0, 0.05) is 11.8 Å². The Kier molecular flexibility index (Phi) is 4.80. The number of hydrogen-bond donors (Lipinski definition) is 3. The molecular formula is C16H25N3O3+2. The van der Waals surface area contributed by atoms with Gasteiger partial charge >= 0.3 is 0 Å². The van der Waals surface area contributed by atoms with Gasteiger partial charge in [0.1, 0.15) is 39.4 Å². The van der Waals surface area contributed by atoms with Crippen molar-refractivity contribution in [2.75, 3.05) is 58.3 Å². The van der Waals surface area contributed by atoms with Crippen molar-refractivity contribution in [3.63, 3.8) is 0 Å². The molecule has 1 saturated heterocycles. The lowest BCUT2D eigenvalue weighted by atomic mass is 10.2. The summed E-state index contributed by atoms with van der Waals surface area (Å²) in [6.45, 7) is 6.74. The average Bonchev–Trinajstić information content (AvgIpc) is 2.54. The van der Waals surface area contributed by atoms with E-state index in [1.165, 1.54) is 18.0 Å². The predicted octanol–water partition coefficient (Wildman–Crippen LogP) is -1.80. The number of amides is 1. The molecule has 0 aromatic heterocycles. The minimum absolute atomic E-state index is 0.0652. The molecule has 3 N–H and O–H groups in total. The van der Waals surface area contributed by atoms with Crippen molar-refractivity contribution in [1.29, 1.82) is 0 Å². The Morgan fingerprint density at radius 3 is 2.64 bits per heavy atom. The number of carbonyl (C=O) groups is 1. The van der Waals surface area contributed by atoms with Crippen LogP contribution in [0.5, 0.6) is 11.5 Å². The summed E-state index contributed by atoms with van der Waals surface area (Å²) >= 11 is 0. The number of quaternary nitrogens is 2. The first kappa shape index (κ1) is 15.1. The summed E-state index contributed by atoms with van der Waals surface area (Å²) in [4.78, 5) is 15.2. The summed E-state index contributed by atoms with van der Waals surface area (Å²) in [6, 6.07) is 5.54. The zero-order chi connectivity index (χ0) is 15.4. The van der Waals surface area contributed by atoms with Crippen molar-refractivity contribution in [3.05, 3.63) is 18.2 Å². The molecule has 6 nitrogen and oxygen atoms in total. The Balaban J connectivity index is 1.47. The number of piperazine rings is 1. The monoisotopic (exact) mass is 307 g/mol. The number of fused-ring (bicyclic) bond motifs is 1. The summed E-state index contributed by atoms with van der Waals surface area (Å²) in [5, 5.41) is 2.95. The van der Waals surface area contributed by atoms with Crippen molar-refractivity contribution in [2.24, 2.45) is 0 Å². The van der Waals surface area contributed by atoms with E-state index in [4.69, 9.17) is 9.47 Å². The average molecular weight is 307 g/mol. The Morgan fingerprint density at radius 1 is 1.14 bits per heavy atom. The molecule has 2 aliphatic heterocycles. The minimum Gasteiger partial charge on any atom is -0.486 e. The van der Waals surface area contributed by atoms with Gasteiger partial charge in [-0.05, 0) is 12.1 Å². The fraction of sp³-hybridized carbons (Fsp3) is 0.562. The molecule has 3 rings (SSSR count). The lowest BCUT2D eigenvalue weighted by molar-refractivity contribution is -1.00. The van der Waals surface area contributed by atoms with E-state index >= 15 is 0 Å². The van der Waals surface area contributed by atoms with Gasteiger partial charge in [-0.15, -0.1) is 0 Å². The summed E-state index contributed by atoms with van der Waals surface area (Å²) in [7, 11) is 2.23. The number of rotatable bonds is 4. The number of ether oxygens (including phenoxy) is 2. The van der Waals surface area contributed by atoms with Crippen LogP contribution >= 0.6 is 0 Å². The van der Waals surface area contributed by atoms with E-state index < -0.39 is 0 Å². The molecule has 1 fully saturated rings. The van der Waals surface area contributed by atoms with Crippen LogP contribution in [0.4, 0.5) is 5.69 Å². The van der Waals surface area contributed by atoms with E-state index in [9.17, 15) is 4.79 Å². The maximum absolute atomic E-state index is 12.1. The first-order chi connectivity index (χ1) is 10.7. The number of benzene rings is 1. The van der Waals surface area contributed by atoms with Gasteiger partial charge < -0.3 is 24.6 Å². The minimum atomic E-state index is 0.0652. The quantitative estimate of drug-likeness (QED) is 0.615. The summed E-state index contributed by atoms with van der Waals surface area (Å²) in [5.74, 6) is 1.51. The van der Waals surface area contributed by atoms with E-state index in [1.807, 2.05) is 18.2 Å². The van der Waals surface area contributed by atoms with Crippen LogP contribution < -0.4 is 24.6 Å². The van der Waals surface area contributed by atoms with Gasteiger partial charge in [-0.2, -0.15) is 0 Å². The fourth-order valence-corrected chi connectivity index (χ4v) is 2.92. The Hall–Kier alpha value is -1.79. The highest BCUT2D eigenvalue weighted by molar-refractivity contribution is 5.91. The summed E-state index contributed by atoms with van der Waals surface area (Å²) < 4.78 is 11.0. The van der Waals surface area contributed by atoms with E-state index in [0.717, 1.165) is 31.1 Å². The van der Waals surface area contributed by atoms with Crippen LogP contribution in [0, 0.1) is 0 Å². The van der Waals surface area contributed by atoms with Crippen molar-refractivity contribution in [3.8, 4) is 11.5 Å². The third-order valence-corrected chi connectivity index (χ3v) is 4.34. The molecule has 2 heterocycles. The number of carbonyl (C=O) groups excluding carboxylic acids is 1. The second-order valence-corrected chi connectivity index (χ2v) is 6.11. The van der Waals surface area contributed by atoms with Gasteiger partial charge in [0.05, 0.1) is 20.0 Å². The van der Waals surface area contributed by atoms with Gasteiger partial charge in [-0.1, -0.05) is 0 Å². The summed E-state index contributed by atoms with van der Waals surface area (Å²) in [5.41, 5.74) is 0.770. The zero-order valence-corrected chi connectivity index (χ0v) is 13.1. The standard InChI is InChI=1S/C16H23N3O3/c1-18-6-8-19(9-7-18)5-4-16(20)17-13-2-3-14-15(12-13)22-11-10-21-14/h2-3,12H,4-11H2,1H3,(H,17,20)/p+2. The first-order valence-electron chi connectivity index (χ1n) is 8.05. The van der Waals surface area contributed by atoms with Crippen LogP contribution in [0.2, 0.25) is 0 Å². The van der Waals surface area contributed by atoms with E-state index in [-0.39, 0.29) is 5.91 Å². The first-order valence-corrected chi connectivity index (χ1v) is 8.05. The zero-order valence-electron chi connectivity index (χ0n) is 13.1. The lowest BCUT2D eigenvalue weighted by Gasteiger charge is -2.27. The van der Waals surface area contributed by atoms with Gasteiger partial charge in [0.2, 0.25) is 5.91 Å². The van der Waals surface area contributed by atoms with Gasteiger partial charge in [0.15, 0.2) is 11.5 Å². The SMILES string of the molecule is C[NH+]1CC[NH+](CCC(=O)Nc2ccc3c(c2)OCCO3)CC1. The molecule has 1 amide bonds. The molecule has 0 radical (unpaired) electrons. The number of hydrogen-bond acceptors (Lipinski definition) is 3. The Morgan fingerprint density at radius 2 is 1.86 bits per heavy atom. The highest BCUT2D eigenvalue weighted by Gasteiger charge is 2.20. The highest BCUT2D eigenvalue weighted by atomic mass is 16.6. The maximum atomic E-state index is 12.1. The molecule has 0 aliphatic carbocycles. The maximum Gasteiger partial charge on any atom is 0.230 e. The van der Waals surface area contributed by atoms with Crippen LogP contribution in [0.1, 0.15) is 6.42 Å². The molecule has 0 unspecified atom stereocenters. The number of nitrogens with one attached hydrogen (secondary N) is 3. The molecule has 22 heavy (non-hydrogen) atoms. The Labute approximate surface area is 131 Å². The van der Waals surface area contributed by atoms with Crippen LogP contribution in [0.3, 0.4) is 0 Å². The molecule has 0 bridgehead atoms. The molecule has 0 saturated carbocycles. The van der Waals surface area contributed by atoms with Crippen LogP contribution in [0.25, 0.3) is 0 Å². The molecule has 0 spiro atoms. The number of likely N-dealkylation sites (N-methyl/N-ethyl adjacent to an activating group) is 1. The third kappa shape index (κ3) is 3.90. The van der Waals surface area contributed by atoms with Crippen LogP contribution in [-0.4, -0.2) is 58.9 Å². The third-order valence-electron chi connectivity index (χ3n) is 4.34. The largest absolute Gasteiger partial charge is 0.486 e. The van der Waals surface area contributed by atoms with Gasteiger partial charge in [-0.25, -0.2) is 0 Å². The molecule has 120 valence electrons. The molecule has 0 atom stereocenters. The molecule has 1 aromatic carbocycles. The van der Waals surface area contributed by atoms with E-state index in [1.54, 1.807) is 4.90 Å². The lowest BCUT2D eigenvalue weighted by Crippen LogP contribution is -3.27. The smallest absolute Gasteiger partial charge is 0.230 e. The van der Waals surface area contributed by atoms with Gasteiger partial charge in [0.25, 0.3) is 0 Å². The highest BCUT2D eigenvalue weighted by Crippen LogP contribution is 2.32. The second kappa shape index (κ2) is 6.98. The molecular weight excluding hydrogens is 282 g/mol. The van der Waals surface area contributed by atoms with E-state index in [0.29, 0.717) is 25.4 Å². The van der Waals surface area contributed by atoms with E-state index in [2.05, 4.69) is 12.4 Å². The van der Waals surface area contributed by atoms with Gasteiger partial charge in [-0.3, -0.25) is 4.79 Å². The molecule has 6 heteroatoms. The number of anilines is 1. The predicted molar refractivity (Wildman–Crippen MR) is 82.9 cm³/mol. The normalized spacial score (nSPS) is 23.9. The van der Waals surface area contributed by atoms with Crippen LogP contribution in [-0.2, 0) is 4.79 Å².